The van der Waals surface area contributed by atoms with Crippen molar-refractivity contribution in [1.82, 2.24) is 0 Å². The molecule has 0 aliphatic rings. The van der Waals surface area contributed by atoms with Gasteiger partial charge in [-0.3, -0.25) is 4.79 Å². The van der Waals surface area contributed by atoms with Crippen molar-refractivity contribution in [3.05, 3.63) is 35.4 Å². The second-order valence-corrected chi connectivity index (χ2v) is 2.85. The van der Waals surface area contributed by atoms with Crippen LogP contribution in [0.25, 0.3) is 0 Å². The lowest BCUT2D eigenvalue weighted by Gasteiger charge is -2.06. The molecule has 0 aliphatic heterocycles. The predicted molar refractivity (Wildman–Crippen MR) is 47.6 cm³/mol. The Morgan fingerprint density at radius 2 is 1.94 bits per heavy atom. The summed E-state index contributed by atoms with van der Waals surface area (Å²) in [4.78, 5) is 21.9. The van der Waals surface area contributed by atoms with Crippen molar-refractivity contribution < 1.29 is 27.5 Å². The lowest BCUT2D eigenvalue weighted by atomic mass is 10.1. The molecule has 0 amide bonds. The van der Waals surface area contributed by atoms with Gasteiger partial charge in [-0.05, 0) is 12.1 Å². The number of esters is 1. The molecule has 0 aromatic heterocycles. The molecule has 0 N–H and O–H groups in total. The van der Waals surface area contributed by atoms with Crippen LogP contribution in [-0.4, -0.2) is 25.0 Å². The molecule has 1 aromatic rings. The Morgan fingerprint density at radius 3 is 2.50 bits per heavy atom. The number of Topliss-reactive ketones (excluding diaryl/α,β-unsaturated/α-hetero) is 1. The number of halogens is 3. The molecule has 0 heterocycles. The highest BCUT2D eigenvalue weighted by molar-refractivity contribution is 6.11. The third-order valence-electron chi connectivity index (χ3n) is 1.86. The quantitative estimate of drug-likeness (QED) is 0.452. The van der Waals surface area contributed by atoms with Gasteiger partial charge in [0.2, 0.25) is 5.78 Å². The van der Waals surface area contributed by atoms with Gasteiger partial charge in [0.05, 0.1) is 12.7 Å². The summed E-state index contributed by atoms with van der Waals surface area (Å²) < 4.78 is 42.8. The van der Waals surface area contributed by atoms with Crippen molar-refractivity contribution in [3.63, 3.8) is 0 Å². The Morgan fingerprint density at radius 1 is 1.31 bits per heavy atom. The van der Waals surface area contributed by atoms with Crippen LogP contribution < -0.4 is 0 Å². The van der Waals surface area contributed by atoms with Crippen molar-refractivity contribution in [2.75, 3.05) is 7.11 Å². The van der Waals surface area contributed by atoms with E-state index in [2.05, 4.69) is 4.74 Å². The SMILES string of the molecule is COC(=O)C(F)C(=O)c1cccc(F)c1F. The molecule has 0 radical (unpaired) electrons. The standard InChI is InChI=1S/C10H7F3O3/c1-16-10(15)8(13)9(14)5-3-2-4-6(11)7(5)12/h2-4,8H,1H3. The molecule has 16 heavy (non-hydrogen) atoms. The summed E-state index contributed by atoms with van der Waals surface area (Å²) in [5.41, 5.74) is -0.821. The molecule has 0 aliphatic carbocycles. The van der Waals surface area contributed by atoms with Gasteiger partial charge in [0, 0.05) is 0 Å². The average molecular weight is 232 g/mol. The summed E-state index contributed by atoms with van der Waals surface area (Å²) in [5, 5.41) is 0. The summed E-state index contributed by atoms with van der Waals surface area (Å²) in [6, 6.07) is 2.70. The minimum atomic E-state index is -2.65. The van der Waals surface area contributed by atoms with E-state index in [0.29, 0.717) is 0 Å². The van der Waals surface area contributed by atoms with E-state index in [0.717, 1.165) is 25.3 Å². The van der Waals surface area contributed by atoms with Crippen LogP contribution in [0, 0.1) is 11.6 Å². The van der Waals surface area contributed by atoms with Gasteiger partial charge in [-0.25, -0.2) is 18.0 Å². The van der Waals surface area contributed by atoms with Gasteiger partial charge in [-0.1, -0.05) is 6.07 Å². The monoisotopic (exact) mass is 232 g/mol. The van der Waals surface area contributed by atoms with Crippen LogP contribution in [0.3, 0.4) is 0 Å². The molecular weight excluding hydrogens is 225 g/mol. The van der Waals surface area contributed by atoms with Crippen LogP contribution >= 0.6 is 0 Å². The number of carbonyl (C=O) groups is 2. The van der Waals surface area contributed by atoms with Gasteiger partial charge >= 0.3 is 5.97 Å². The minimum absolute atomic E-state index is 0.775. The maximum absolute atomic E-state index is 13.1. The average Bonchev–Trinajstić information content (AvgIpc) is 2.29. The van der Waals surface area contributed by atoms with E-state index < -0.39 is 35.1 Å². The molecular formula is C10H7F3O3. The van der Waals surface area contributed by atoms with Crippen molar-refractivity contribution in [1.29, 1.82) is 0 Å². The largest absolute Gasteiger partial charge is 0.467 e. The molecule has 6 heteroatoms. The van der Waals surface area contributed by atoms with E-state index >= 15 is 0 Å². The first-order chi connectivity index (χ1) is 7.49. The Bertz CT molecular complexity index is 431. The third-order valence-corrected chi connectivity index (χ3v) is 1.86. The fourth-order valence-corrected chi connectivity index (χ4v) is 1.04. The van der Waals surface area contributed by atoms with Crippen LogP contribution in [0.4, 0.5) is 13.2 Å². The first-order valence-electron chi connectivity index (χ1n) is 4.19. The second kappa shape index (κ2) is 4.78. The smallest absolute Gasteiger partial charge is 0.348 e. The highest BCUT2D eigenvalue weighted by Gasteiger charge is 2.30. The minimum Gasteiger partial charge on any atom is -0.467 e. The zero-order valence-electron chi connectivity index (χ0n) is 8.17. The number of ether oxygens (including phenoxy) is 1. The first kappa shape index (κ1) is 12.2. The fraction of sp³-hybridized carbons (Fsp3) is 0.200. The summed E-state index contributed by atoms with van der Waals surface area (Å²) in [5.74, 6) is -5.69. The molecule has 86 valence electrons. The number of methoxy groups -OCH3 is 1. The highest BCUT2D eigenvalue weighted by atomic mass is 19.2. The van der Waals surface area contributed by atoms with E-state index in [1.165, 1.54) is 0 Å². The third kappa shape index (κ3) is 2.21. The summed E-state index contributed by atoms with van der Waals surface area (Å²) in [7, 11) is 0.879. The molecule has 1 aromatic carbocycles. The van der Waals surface area contributed by atoms with E-state index in [1.807, 2.05) is 0 Å². The first-order valence-corrected chi connectivity index (χ1v) is 4.19. The van der Waals surface area contributed by atoms with Gasteiger partial charge in [-0.2, -0.15) is 0 Å². The summed E-state index contributed by atoms with van der Waals surface area (Å²) in [6.07, 6.45) is -2.65. The van der Waals surface area contributed by atoms with E-state index in [4.69, 9.17) is 0 Å². The zero-order valence-corrected chi connectivity index (χ0v) is 8.17. The normalized spacial score (nSPS) is 12.0. The van der Waals surface area contributed by atoms with Gasteiger partial charge in [-0.15, -0.1) is 0 Å². The van der Waals surface area contributed by atoms with Crippen LogP contribution in [0.2, 0.25) is 0 Å². The summed E-state index contributed by atoms with van der Waals surface area (Å²) in [6.45, 7) is 0. The molecule has 1 rings (SSSR count). The second-order valence-electron chi connectivity index (χ2n) is 2.85. The van der Waals surface area contributed by atoms with Crippen LogP contribution in [0.5, 0.6) is 0 Å². The van der Waals surface area contributed by atoms with Gasteiger partial charge < -0.3 is 4.74 Å². The predicted octanol–water partition coefficient (Wildman–Crippen LogP) is 1.66. The molecule has 0 saturated heterocycles. The van der Waals surface area contributed by atoms with E-state index in [9.17, 15) is 22.8 Å². The van der Waals surface area contributed by atoms with Crippen molar-refractivity contribution >= 4 is 11.8 Å². The number of hydrogen-bond acceptors (Lipinski definition) is 3. The van der Waals surface area contributed by atoms with Crippen LogP contribution in [0.1, 0.15) is 10.4 Å². The Labute approximate surface area is 88.8 Å². The number of alkyl halides is 1. The molecule has 0 bridgehead atoms. The zero-order chi connectivity index (χ0) is 12.3. The van der Waals surface area contributed by atoms with Gasteiger partial charge in [0.25, 0.3) is 6.17 Å². The maximum atomic E-state index is 13.1. The van der Waals surface area contributed by atoms with Crippen molar-refractivity contribution in [2.24, 2.45) is 0 Å². The molecule has 3 nitrogen and oxygen atoms in total. The lowest BCUT2D eigenvalue weighted by Crippen LogP contribution is -2.27. The number of ketones is 1. The maximum Gasteiger partial charge on any atom is 0.348 e. The fourth-order valence-electron chi connectivity index (χ4n) is 1.04. The lowest BCUT2D eigenvalue weighted by molar-refractivity contribution is -0.144. The molecule has 1 unspecified atom stereocenters. The van der Waals surface area contributed by atoms with Crippen molar-refractivity contribution in [3.8, 4) is 0 Å². The molecule has 0 saturated carbocycles. The van der Waals surface area contributed by atoms with Gasteiger partial charge in [0.15, 0.2) is 11.6 Å². The van der Waals surface area contributed by atoms with E-state index in [1.54, 1.807) is 0 Å². The Balaban J connectivity index is 3.06. The van der Waals surface area contributed by atoms with Gasteiger partial charge in [0.1, 0.15) is 0 Å². The van der Waals surface area contributed by atoms with E-state index in [-0.39, 0.29) is 0 Å². The summed E-state index contributed by atoms with van der Waals surface area (Å²) >= 11 is 0. The van der Waals surface area contributed by atoms with Crippen LogP contribution in [0.15, 0.2) is 18.2 Å². The number of hydrogen-bond donors (Lipinski definition) is 0. The topological polar surface area (TPSA) is 43.4 Å². The number of carbonyl (C=O) groups excluding carboxylic acids is 2. The molecule has 1 atom stereocenters. The van der Waals surface area contributed by atoms with Crippen molar-refractivity contribution in [2.45, 2.75) is 6.17 Å². The number of rotatable bonds is 3. The molecule has 0 spiro atoms. The molecule has 0 fully saturated rings. The number of benzene rings is 1. The van der Waals surface area contributed by atoms with Crippen LogP contribution in [-0.2, 0) is 9.53 Å². The Hall–Kier alpha value is -1.85. The Kier molecular flexibility index (Phi) is 3.65. The highest BCUT2D eigenvalue weighted by Crippen LogP contribution is 2.15.